The fourth-order valence-electron chi connectivity index (χ4n) is 2.99. The molecule has 1 aliphatic heterocycles. The highest BCUT2D eigenvalue weighted by Crippen LogP contribution is 2.28. The van der Waals surface area contributed by atoms with Crippen molar-refractivity contribution in [1.82, 2.24) is 5.32 Å². The molecule has 1 atom stereocenters. The first-order valence-electron chi connectivity index (χ1n) is 8.03. The van der Waals surface area contributed by atoms with Crippen LogP contribution in [-0.4, -0.2) is 24.9 Å². The number of anilines is 2. The van der Waals surface area contributed by atoms with E-state index >= 15 is 0 Å². The van der Waals surface area contributed by atoms with Crippen molar-refractivity contribution in [2.24, 2.45) is 11.8 Å². The maximum absolute atomic E-state index is 12.4. The van der Waals surface area contributed by atoms with E-state index in [1.54, 1.807) is 12.1 Å². The van der Waals surface area contributed by atoms with Crippen molar-refractivity contribution >= 4 is 39.1 Å². The molecular formula is C17H24BrN3O2. The summed E-state index contributed by atoms with van der Waals surface area (Å²) in [5.41, 5.74) is 1.24. The Labute approximate surface area is 145 Å². The molecule has 1 fully saturated rings. The van der Waals surface area contributed by atoms with E-state index in [1.165, 1.54) is 6.92 Å². The molecule has 6 heteroatoms. The number of carbonyl (C=O) groups excluding carboxylic acids is 2. The lowest BCUT2D eigenvalue weighted by Crippen LogP contribution is -2.32. The molecule has 2 rings (SSSR count). The van der Waals surface area contributed by atoms with Crippen LogP contribution in [0.5, 0.6) is 0 Å². The molecule has 0 aliphatic carbocycles. The van der Waals surface area contributed by atoms with E-state index in [0.717, 1.165) is 30.4 Å². The van der Waals surface area contributed by atoms with Crippen LogP contribution < -0.4 is 16.0 Å². The quantitative estimate of drug-likeness (QED) is 0.731. The third kappa shape index (κ3) is 5.62. The summed E-state index contributed by atoms with van der Waals surface area (Å²) < 4.78 is 0.855. The average Bonchev–Trinajstić information content (AvgIpc) is 2.50. The first kappa shape index (κ1) is 17.9. The molecule has 1 aromatic rings. The number of benzene rings is 1. The second-order valence-corrected chi connectivity index (χ2v) is 7.10. The van der Waals surface area contributed by atoms with Gasteiger partial charge in [0.15, 0.2) is 0 Å². The number of halogens is 1. The van der Waals surface area contributed by atoms with Crippen molar-refractivity contribution < 1.29 is 9.59 Å². The third-order valence-corrected chi connectivity index (χ3v) is 4.76. The van der Waals surface area contributed by atoms with Crippen molar-refractivity contribution in [2.45, 2.75) is 33.1 Å². The average molecular weight is 382 g/mol. The Balaban J connectivity index is 1.98. The van der Waals surface area contributed by atoms with Crippen LogP contribution in [0.1, 0.15) is 33.1 Å². The van der Waals surface area contributed by atoms with E-state index in [2.05, 4.69) is 38.8 Å². The highest BCUT2D eigenvalue weighted by molar-refractivity contribution is 9.10. The molecule has 1 saturated heterocycles. The summed E-state index contributed by atoms with van der Waals surface area (Å²) in [5, 5.41) is 9.02. The van der Waals surface area contributed by atoms with Crippen molar-refractivity contribution in [3.63, 3.8) is 0 Å². The molecule has 1 heterocycles. The lowest BCUT2D eigenvalue weighted by molar-refractivity contribution is -0.117. The van der Waals surface area contributed by atoms with E-state index in [9.17, 15) is 9.59 Å². The second-order valence-electron chi connectivity index (χ2n) is 6.19. The summed E-state index contributed by atoms with van der Waals surface area (Å²) in [7, 11) is 0. The summed E-state index contributed by atoms with van der Waals surface area (Å²) in [6, 6.07) is 5.41. The minimum absolute atomic E-state index is 0.0132. The minimum atomic E-state index is -0.161. The first-order chi connectivity index (χ1) is 11.0. The Morgan fingerprint density at radius 3 is 2.61 bits per heavy atom. The highest BCUT2D eigenvalue weighted by atomic mass is 79.9. The van der Waals surface area contributed by atoms with Crippen LogP contribution in [0.3, 0.4) is 0 Å². The Hall–Kier alpha value is -1.40. The van der Waals surface area contributed by atoms with Gasteiger partial charge in [-0.1, -0.05) is 22.9 Å². The van der Waals surface area contributed by atoms with Gasteiger partial charge in [0.1, 0.15) is 0 Å². The zero-order chi connectivity index (χ0) is 16.8. The lowest BCUT2D eigenvalue weighted by atomic mass is 9.84. The van der Waals surface area contributed by atoms with Gasteiger partial charge >= 0.3 is 0 Å². The third-order valence-electron chi connectivity index (χ3n) is 4.26. The summed E-state index contributed by atoms with van der Waals surface area (Å²) in [4.78, 5) is 23.6. The minimum Gasteiger partial charge on any atom is -0.325 e. The van der Waals surface area contributed by atoms with Crippen molar-refractivity contribution in [1.29, 1.82) is 0 Å². The topological polar surface area (TPSA) is 70.2 Å². The van der Waals surface area contributed by atoms with E-state index in [-0.39, 0.29) is 11.8 Å². The molecule has 1 aliphatic rings. The van der Waals surface area contributed by atoms with E-state index in [1.807, 2.05) is 6.07 Å². The second kappa shape index (κ2) is 8.45. The van der Waals surface area contributed by atoms with Crippen molar-refractivity contribution in [3.05, 3.63) is 22.7 Å². The molecule has 1 unspecified atom stereocenters. The van der Waals surface area contributed by atoms with E-state index < -0.39 is 0 Å². The number of hydrogen-bond acceptors (Lipinski definition) is 3. The molecule has 0 radical (unpaired) electrons. The molecule has 0 aromatic heterocycles. The summed E-state index contributed by atoms with van der Waals surface area (Å²) in [5.74, 6) is 0.777. The largest absolute Gasteiger partial charge is 0.325 e. The van der Waals surface area contributed by atoms with Gasteiger partial charge in [-0.25, -0.2) is 0 Å². The number of carbonyl (C=O) groups is 2. The monoisotopic (exact) mass is 381 g/mol. The molecule has 23 heavy (non-hydrogen) atoms. The number of nitrogens with one attached hydrogen (secondary N) is 3. The maximum atomic E-state index is 12.4. The SMILES string of the molecule is CC(=O)Nc1ccc(Br)cc1NC(=O)CC(C)C1CCNCC1. The van der Waals surface area contributed by atoms with Gasteiger partial charge in [-0.3, -0.25) is 9.59 Å². The van der Waals surface area contributed by atoms with Crippen LogP contribution in [0.4, 0.5) is 11.4 Å². The van der Waals surface area contributed by atoms with Crippen LogP contribution in [0, 0.1) is 11.8 Å². The molecule has 3 N–H and O–H groups in total. The number of rotatable bonds is 5. The van der Waals surface area contributed by atoms with Gasteiger partial charge in [0.25, 0.3) is 0 Å². The van der Waals surface area contributed by atoms with Crippen molar-refractivity contribution in [2.75, 3.05) is 23.7 Å². The van der Waals surface area contributed by atoms with E-state index in [0.29, 0.717) is 29.6 Å². The van der Waals surface area contributed by atoms with Gasteiger partial charge in [-0.05, 0) is 56.0 Å². The normalized spacial score (nSPS) is 16.7. The zero-order valence-electron chi connectivity index (χ0n) is 13.6. The summed E-state index contributed by atoms with van der Waals surface area (Å²) in [6.07, 6.45) is 2.75. The molecule has 5 nitrogen and oxygen atoms in total. The van der Waals surface area contributed by atoms with Crippen LogP contribution in [-0.2, 0) is 9.59 Å². The number of piperidine rings is 1. The van der Waals surface area contributed by atoms with Gasteiger partial charge in [0, 0.05) is 17.8 Å². The summed E-state index contributed by atoms with van der Waals surface area (Å²) in [6.45, 7) is 5.67. The Morgan fingerprint density at radius 2 is 1.96 bits per heavy atom. The van der Waals surface area contributed by atoms with Gasteiger partial charge in [-0.15, -0.1) is 0 Å². The highest BCUT2D eigenvalue weighted by Gasteiger charge is 2.22. The first-order valence-corrected chi connectivity index (χ1v) is 8.82. The Morgan fingerprint density at radius 1 is 1.26 bits per heavy atom. The molecule has 0 saturated carbocycles. The van der Waals surface area contributed by atoms with Gasteiger partial charge in [0.2, 0.25) is 11.8 Å². The smallest absolute Gasteiger partial charge is 0.224 e. The van der Waals surface area contributed by atoms with Crippen LogP contribution >= 0.6 is 15.9 Å². The summed E-state index contributed by atoms with van der Waals surface area (Å²) >= 11 is 3.39. The van der Waals surface area contributed by atoms with Gasteiger partial charge in [0.05, 0.1) is 11.4 Å². The number of amides is 2. The van der Waals surface area contributed by atoms with E-state index in [4.69, 9.17) is 0 Å². The Bertz CT molecular complexity index is 571. The van der Waals surface area contributed by atoms with Crippen LogP contribution in [0.2, 0.25) is 0 Å². The van der Waals surface area contributed by atoms with Gasteiger partial charge < -0.3 is 16.0 Å². The molecular weight excluding hydrogens is 358 g/mol. The standard InChI is InChI=1S/C17H24BrN3O2/c1-11(13-5-7-19-8-6-13)9-17(23)21-16-10-14(18)3-4-15(16)20-12(2)22/h3-4,10-11,13,19H,5-9H2,1-2H3,(H,20,22)(H,21,23). The molecule has 0 spiro atoms. The fraction of sp³-hybridized carbons (Fsp3) is 0.529. The maximum Gasteiger partial charge on any atom is 0.224 e. The van der Waals surface area contributed by atoms with Crippen LogP contribution in [0.15, 0.2) is 22.7 Å². The zero-order valence-corrected chi connectivity index (χ0v) is 15.2. The fourth-order valence-corrected chi connectivity index (χ4v) is 3.35. The predicted octanol–water partition coefficient (Wildman–Crippen LogP) is 3.37. The van der Waals surface area contributed by atoms with Crippen LogP contribution in [0.25, 0.3) is 0 Å². The number of hydrogen-bond donors (Lipinski definition) is 3. The molecule has 126 valence electrons. The lowest BCUT2D eigenvalue weighted by Gasteiger charge is -2.28. The van der Waals surface area contributed by atoms with Gasteiger partial charge in [-0.2, -0.15) is 0 Å². The van der Waals surface area contributed by atoms with Crippen molar-refractivity contribution in [3.8, 4) is 0 Å². The predicted molar refractivity (Wildman–Crippen MR) is 96.5 cm³/mol. The Kier molecular flexibility index (Phi) is 6.59. The molecule has 0 bridgehead atoms. The molecule has 2 amide bonds. The molecule has 1 aromatic carbocycles.